The Morgan fingerprint density at radius 2 is 1.43 bits per heavy atom. The third-order valence-electron chi connectivity index (χ3n) is 2.88. The number of fused-ring (bicyclic) bond motifs is 1. The van der Waals surface area contributed by atoms with E-state index in [1.54, 1.807) is 37.2 Å². The fourth-order valence-electron chi connectivity index (χ4n) is 1.98. The van der Waals surface area contributed by atoms with E-state index >= 15 is 0 Å². The van der Waals surface area contributed by atoms with Gasteiger partial charge in [-0.1, -0.05) is 24.3 Å². The molecule has 0 atom stereocenters. The molecular weight excluding hydrogens is 325 g/mol. The minimum Gasteiger partial charge on any atom is -0.735 e. The van der Waals surface area contributed by atoms with Crippen LogP contribution in [0.25, 0.3) is 10.8 Å². The molecule has 9 heteroatoms. The van der Waals surface area contributed by atoms with Crippen molar-refractivity contribution in [2.75, 3.05) is 19.0 Å². The fourth-order valence-corrected chi connectivity index (χ4v) is 3.99. The molecule has 0 aliphatic rings. The summed E-state index contributed by atoms with van der Waals surface area (Å²) in [6, 6.07) is 9.04. The van der Waals surface area contributed by atoms with Crippen LogP contribution in [0.4, 0.5) is 5.69 Å². The maximum absolute atomic E-state index is 11.8. The van der Waals surface area contributed by atoms with Crippen molar-refractivity contribution in [1.82, 2.24) is 0 Å². The van der Waals surface area contributed by atoms with Gasteiger partial charge in [0.1, 0.15) is 0 Å². The Labute approximate surface area is 145 Å². The number of hydrogen-bond acceptors (Lipinski definition) is 6. The summed E-state index contributed by atoms with van der Waals surface area (Å²) in [6.45, 7) is 0. The number of anilines is 1. The maximum Gasteiger partial charge on any atom is 1.00 e. The molecule has 0 aliphatic heterocycles. The third kappa shape index (κ3) is 3.25. The van der Waals surface area contributed by atoms with Crippen LogP contribution < -0.4 is 34.5 Å². The Balaban J connectivity index is 0.00000220. The van der Waals surface area contributed by atoms with Crippen LogP contribution in [0.15, 0.2) is 41.3 Å². The molecule has 0 saturated heterocycles. The molecule has 0 amide bonds. The summed E-state index contributed by atoms with van der Waals surface area (Å²) in [4.78, 5) is 1.28. The quantitative estimate of drug-likeness (QED) is 0.370. The van der Waals surface area contributed by atoms with Crippen LogP contribution in [0.1, 0.15) is 0 Å². The second-order valence-corrected chi connectivity index (χ2v) is 9.09. The molecular formula is C12H12NNaO5S2. The minimum absolute atomic E-state index is 0. The summed E-state index contributed by atoms with van der Waals surface area (Å²) < 4.78 is 56.6. The van der Waals surface area contributed by atoms with Crippen LogP contribution >= 0.6 is 0 Å². The van der Waals surface area contributed by atoms with Crippen LogP contribution in [0.5, 0.6) is 0 Å². The van der Waals surface area contributed by atoms with E-state index in [1.807, 2.05) is 0 Å². The van der Waals surface area contributed by atoms with Gasteiger partial charge in [-0.25, -0.2) is 16.8 Å². The van der Waals surface area contributed by atoms with E-state index in [2.05, 4.69) is 0 Å². The number of hydrogen-bond donors (Lipinski definition) is 0. The molecule has 0 fully saturated rings. The van der Waals surface area contributed by atoms with E-state index in [0.29, 0.717) is 5.39 Å². The minimum atomic E-state index is -5.47. The molecule has 0 aromatic heterocycles. The van der Waals surface area contributed by atoms with Gasteiger partial charge < -0.3 is 9.45 Å². The Morgan fingerprint density at radius 1 is 0.905 bits per heavy atom. The Morgan fingerprint density at radius 3 is 1.95 bits per heavy atom. The molecule has 6 nitrogen and oxygen atoms in total. The van der Waals surface area contributed by atoms with Crippen LogP contribution in [-0.4, -0.2) is 35.5 Å². The van der Waals surface area contributed by atoms with E-state index in [-0.39, 0.29) is 34.9 Å². The van der Waals surface area contributed by atoms with Gasteiger partial charge >= 0.3 is 29.6 Å². The molecule has 2 aromatic rings. The summed E-state index contributed by atoms with van der Waals surface area (Å²) in [6.07, 6.45) is 0. The van der Waals surface area contributed by atoms with Gasteiger partial charge in [-0.05, 0) is 12.1 Å². The zero-order chi connectivity index (χ0) is 15.1. The van der Waals surface area contributed by atoms with Gasteiger partial charge in [0.2, 0.25) is 9.15 Å². The van der Waals surface area contributed by atoms with Crippen LogP contribution in [0, 0.1) is 0 Å². The molecule has 108 valence electrons. The summed E-state index contributed by atoms with van der Waals surface area (Å²) in [7, 11) is -6.86. The smallest absolute Gasteiger partial charge is 0.735 e. The number of nitrogens with zero attached hydrogens (tertiary/aromatic N) is 1. The molecule has 2 aromatic carbocycles. The maximum atomic E-state index is 11.8. The Kier molecular flexibility index (Phi) is 5.46. The largest absolute Gasteiger partial charge is 1.00 e. The molecule has 0 saturated carbocycles. The van der Waals surface area contributed by atoms with Crippen molar-refractivity contribution in [3.63, 3.8) is 0 Å². The van der Waals surface area contributed by atoms with Crippen molar-refractivity contribution < 1.29 is 50.9 Å². The van der Waals surface area contributed by atoms with Crippen molar-refractivity contribution in [2.45, 2.75) is 4.90 Å². The monoisotopic (exact) mass is 337 g/mol. The van der Waals surface area contributed by atoms with E-state index in [1.165, 1.54) is 12.1 Å². The molecule has 2 rings (SSSR count). The molecule has 0 spiro atoms. The normalized spacial score (nSPS) is 12.0. The van der Waals surface area contributed by atoms with Gasteiger partial charge in [0, 0.05) is 30.6 Å². The molecule has 21 heavy (non-hydrogen) atoms. The second-order valence-electron chi connectivity index (χ2n) is 4.39. The average molecular weight is 337 g/mol. The molecule has 0 aliphatic carbocycles. The number of rotatable bonds is 3. The molecule has 0 bridgehead atoms. The van der Waals surface area contributed by atoms with Crippen LogP contribution in [-0.2, 0) is 18.0 Å². The van der Waals surface area contributed by atoms with Gasteiger partial charge in [0.15, 0.2) is 0 Å². The third-order valence-corrected chi connectivity index (χ3v) is 6.46. The first-order valence-corrected chi connectivity index (χ1v) is 8.97. The number of benzene rings is 2. The van der Waals surface area contributed by atoms with Gasteiger partial charge in [-0.3, -0.25) is 0 Å². The van der Waals surface area contributed by atoms with Crippen LogP contribution in [0.3, 0.4) is 0 Å². The van der Waals surface area contributed by atoms with Crippen molar-refractivity contribution in [3.8, 4) is 0 Å². The average Bonchev–Trinajstić information content (AvgIpc) is 2.35. The first-order chi connectivity index (χ1) is 9.16. The van der Waals surface area contributed by atoms with Crippen molar-refractivity contribution in [1.29, 1.82) is 0 Å². The molecule has 0 radical (unpaired) electrons. The first-order valence-electron chi connectivity index (χ1n) is 5.56. The van der Waals surface area contributed by atoms with Crippen LogP contribution in [0.2, 0.25) is 0 Å². The second kappa shape index (κ2) is 6.23. The first kappa shape index (κ1) is 18.4. The topological polar surface area (TPSA) is 94.6 Å². The van der Waals surface area contributed by atoms with E-state index in [0.717, 1.165) is 11.8 Å². The van der Waals surface area contributed by atoms with Gasteiger partial charge in [0.05, 0.1) is 4.90 Å². The molecule has 0 heterocycles. The van der Waals surface area contributed by atoms with E-state index < -0.39 is 22.9 Å². The zero-order valence-electron chi connectivity index (χ0n) is 11.8. The van der Waals surface area contributed by atoms with Crippen molar-refractivity contribution in [2.24, 2.45) is 0 Å². The fraction of sp³-hybridized carbons (Fsp3) is 0.167. The van der Waals surface area contributed by atoms with Gasteiger partial charge in [-0.15, -0.1) is 0 Å². The summed E-state index contributed by atoms with van der Waals surface area (Å²) in [5, 5.41) is 0.764. The molecule has 0 unspecified atom stereocenters. The summed E-state index contributed by atoms with van der Waals surface area (Å²) >= 11 is 0. The summed E-state index contributed by atoms with van der Waals surface area (Å²) in [5.74, 6) is 0. The summed E-state index contributed by atoms with van der Waals surface area (Å²) in [5.41, 5.74) is 0.725. The Hall–Kier alpha value is -0.640. The van der Waals surface area contributed by atoms with E-state index in [4.69, 9.17) is 0 Å². The predicted molar refractivity (Wildman–Crippen MR) is 75.2 cm³/mol. The zero-order valence-corrected chi connectivity index (χ0v) is 15.4. The SMILES string of the molecule is CN(C)c1cccc2c(S(=O)(=O)S(=O)(=O)[O-])cccc12.[Na+]. The standard InChI is InChI=1S/C12H13NO5S2.Na/c1-13(2)11-7-3-6-10-9(11)5-4-8-12(10)19(14,15)20(16,17)18;/h3-8H,1-2H3,(H,16,17,18);/q;+1/p-1. The Bertz CT molecular complexity index is 876. The van der Waals surface area contributed by atoms with Crippen molar-refractivity contribution in [3.05, 3.63) is 36.4 Å². The van der Waals surface area contributed by atoms with Gasteiger partial charge in [-0.2, -0.15) is 0 Å². The molecule has 0 N–H and O–H groups in total. The van der Waals surface area contributed by atoms with E-state index in [9.17, 15) is 21.4 Å². The van der Waals surface area contributed by atoms with Crippen molar-refractivity contribution >= 4 is 34.5 Å². The predicted octanol–water partition coefficient (Wildman–Crippen LogP) is -1.86. The van der Waals surface area contributed by atoms with Gasteiger partial charge in [0.25, 0.3) is 8.87 Å².